The topological polar surface area (TPSA) is 69.6 Å². The summed E-state index contributed by atoms with van der Waals surface area (Å²) < 4.78 is 38.5. The van der Waals surface area contributed by atoms with Gasteiger partial charge in [0.25, 0.3) is 0 Å². The van der Waals surface area contributed by atoms with Gasteiger partial charge >= 0.3 is 12.1 Å². The lowest BCUT2D eigenvalue weighted by molar-refractivity contribution is -0.137. The van der Waals surface area contributed by atoms with E-state index in [2.05, 4.69) is 5.32 Å². The van der Waals surface area contributed by atoms with Crippen LogP contribution in [0.1, 0.15) is 66.2 Å². The van der Waals surface area contributed by atoms with Crippen LogP contribution in [0, 0.1) is 0 Å². The normalized spacial score (nSPS) is 20.5. The van der Waals surface area contributed by atoms with Crippen LogP contribution in [0.25, 0.3) is 0 Å². The number of nitrogens with zero attached hydrogens (tertiary/aromatic N) is 1. The number of carboxylic acids is 1. The lowest BCUT2D eigenvalue weighted by atomic mass is 9.86. The van der Waals surface area contributed by atoms with Crippen LogP contribution in [0.5, 0.6) is 0 Å². The van der Waals surface area contributed by atoms with E-state index < -0.39 is 23.2 Å². The summed E-state index contributed by atoms with van der Waals surface area (Å²) in [6.45, 7) is 4.75. The van der Waals surface area contributed by atoms with Crippen molar-refractivity contribution in [2.45, 2.75) is 57.4 Å². The zero-order valence-electron chi connectivity index (χ0n) is 18.1. The van der Waals surface area contributed by atoms with E-state index in [1.807, 2.05) is 18.7 Å². The van der Waals surface area contributed by atoms with Crippen molar-refractivity contribution in [2.75, 3.05) is 6.54 Å². The first-order chi connectivity index (χ1) is 15.0. The van der Waals surface area contributed by atoms with E-state index in [1.54, 1.807) is 12.1 Å². The van der Waals surface area contributed by atoms with Crippen molar-refractivity contribution < 1.29 is 27.9 Å². The maximum atomic E-state index is 13.3. The van der Waals surface area contributed by atoms with Crippen LogP contribution < -0.4 is 5.32 Å². The number of alkyl halides is 3. The molecule has 0 aromatic heterocycles. The second-order valence-corrected chi connectivity index (χ2v) is 8.47. The molecule has 8 heteroatoms. The lowest BCUT2D eigenvalue weighted by Gasteiger charge is -2.44. The van der Waals surface area contributed by atoms with Crippen molar-refractivity contribution in [1.29, 1.82) is 0 Å². The molecular formula is C24H27F3N2O3. The van der Waals surface area contributed by atoms with E-state index in [0.717, 1.165) is 36.1 Å². The summed E-state index contributed by atoms with van der Waals surface area (Å²) >= 11 is 0. The average molecular weight is 448 g/mol. The minimum Gasteiger partial charge on any atom is -0.478 e. The van der Waals surface area contributed by atoms with Gasteiger partial charge in [0.05, 0.1) is 22.7 Å². The maximum absolute atomic E-state index is 13.3. The Labute approximate surface area is 185 Å². The predicted octanol–water partition coefficient (Wildman–Crippen LogP) is 5.03. The fourth-order valence-corrected chi connectivity index (χ4v) is 4.06. The highest BCUT2D eigenvalue weighted by molar-refractivity contribution is 5.88. The van der Waals surface area contributed by atoms with Crippen LogP contribution in [0.4, 0.5) is 13.2 Å². The number of carbonyl (C=O) groups is 2. The third-order valence-electron chi connectivity index (χ3n) is 6.19. The van der Waals surface area contributed by atoms with Crippen molar-refractivity contribution in [3.8, 4) is 0 Å². The summed E-state index contributed by atoms with van der Waals surface area (Å²) in [5.41, 5.74) is 0.196. The molecule has 2 atom stereocenters. The zero-order valence-corrected chi connectivity index (χ0v) is 18.1. The number of carboxylic acid groups (broad SMARTS) is 1. The van der Waals surface area contributed by atoms with Crippen LogP contribution in [-0.2, 0) is 17.5 Å². The van der Waals surface area contributed by atoms with Gasteiger partial charge in [0.1, 0.15) is 0 Å². The predicted molar refractivity (Wildman–Crippen MR) is 114 cm³/mol. The van der Waals surface area contributed by atoms with E-state index in [0.29, 0.717) is 19.5 Å². The molecule has 32 heavy (non-hydrogen) atoms. The molecule has 5 nitrogen and oxygen atoms in total. The number of likely N-dealkylation sites (tertiary alicyclic amines) is 1. The monoisotopic (exact) mass is 448 g/mol. The van der Waals surface area contributed by atoms with Crippen molar-refractivity contribution in [3.63, 3.8) is 0 Å². The standard InChI is InChI=1S/C24H27F3N2O3/c1-16(18-7-9-19(10-8-18)21(30)31)28-22(32)23(2)13-3-4-14-29(23)15-17-5-11-20(12-6-17)24(25,26)27/h5-12,16H,3-4,13-15H2,1-2H3,(H,28,32)(H,30,31). The van der Waals surface area contributed by atoms with E-state index in [-0.39, 0.29) is 17.5 Å². The van der Waals surface area contributed by atoms with Crippen LogP contribution >= 0.6 is 0 Å². The van der Waals surface area contributed by atoms with Gasteiger partial charge in [-0.05, 0) is 75.0 Å². The van der Waals surface area contributed by atoms with Gasteiger partial charge in [-0.2, -0.15) is 13.2 Å². The van der Waals surface area contributed by atoms with Gasteiger partial charge in [-0.15, -0.1) is 0 Å². The van der Waals surface area contributed by atoms with E-state index in [4.69, 9.17) is 5.11 Å². The number of carbonyl (C=O) groups excluding carboxylic acids is 1. The summed E-state index contributed by atoms with van der Waals surface area (Å²) in [5, 5.41) is 12.1. The van der Waals surface area contributed by atoms with Crippen LogP contribution in [0.3, 0.4) is 0 Å². The molecule has 1 aliphatic rings. The fraction of sp³-hybridized carbons (Fsp3) is 0.417. The molecule has 2 aromatic carbocycles. The van der Waals surface area contributed by atoms with Crippen LogP contribution in [-0.4, -0.2) is 34.0 Å². The molecule has 2 unspecified atom stereocenters. The minimum absolute atomic E-state index is 0.154. The van der Waals surface area contributed by atoms with Crippen molar-refractivity contribution in [2.24, 2.45) is 0 Å². The zero-order chi connectivity index (χ0) is 23.5. The average Bonchev–Trinajstić information content (AvgIpc) is 2.75. The smallest absolute Gasteiger partial charge is 0.416 e. The highest BCUT2D eigenvalue weighted by Crippen LogP contribution is 2.32. The number of hydrogen-bond acceptors (Lipinski definition) is 3. The second kappa shape index (κ2) is 9.32. The largest absolute Gasteiger partial charge is 0.478 e. The second-order valence-electron chi connectivity index (χ2n) is 8.47. The van der Waals surface area contributed by atoms with Gasteiger partial charge in [-0.25, -0.2) is 4.79 Å². The molecule has 172 valence electrons. The van der Waals surface area contributed by atoms with Crippen LogP contribution in [0.15, 0.2) is 48.5 Å². The molecule has 0 radical (unpaired) electrons. The van der Waals surface area contributed by atoms with E-state index >= 15 is 0 Å². The first kappa shape index (κ1) is 23.8. The third kappa shape index (κ3) is 5.30. The van der Waals surface area contributed by atoms with Gasteiger partial charge < -0.3 is 10.4 Å². The maximum Gasteiger partial charge on any atom is 0.416 e. The number of rotatable bonds is 6. The molecule has 1 fully saturated rings. The van der Waals surface area contributed by atoms with E-state index in [1.165, 1.54) is 24.3 Å². The Hall–Kier alpha value is -2.87. The Morgan fingerprint density at radius 3 is 2.28 bits per heavy atom. The fourth-order valence-electron chi connectivity index (χ4n) is 4.06. The highest BCUT2D eigenvalue weighted by Gasteiger charge is 2.41. The number of piperidine rings is 1. The molecule has 0 aliphatic carbocycles. The molecule has 0 bridgehead atoms. The first-order valence-corrected chi connectivity index (χ1v) is 10.6. The van der Waals surface area contributed by atoms with Gasteiger partial charge in [0.15, 0.2) is 0 Å². The molecule has 1 heterocycles. The molecule has 0 saturated carbocycles. The Morgan fingerprint density at radius 1 is 1.09 bits per heavy atom. The van der Waals surface area contributed by atoms with Gasteiger partial charge in [0, 0.05) is 6.54 Å². The summed E-state index contributed by atoms with van der Waals surface area (Å²) in [6, 6.07) is 11.1. The van der Waals surface area contributed by atoms with Gasteiger partial charge in [0.2, 0.25) is 5.91 Å². The number of hydrogen-bond donors (Lipinski definition) is 2. The number of amides is 1. The van der Waals surface area contributed by atoms with E-state index in [9.17, 15) is 22.8 Å². The third-order valence-corrected chi connectivity index (χ3v) is 6.19. The van der Waals surface area contributed by atoms with Crippen molar-refractivity contribution in [3.05, 3.63) is 70.8 Å². The van der Waals surface area contributed by atoms with Crippen molar-refractivity contribution >= 4 is 11.9 Å². The summed E-state index contributed by atoms with van der Waals surface area (Å²) in [5.74, 6) is -1.17. The van der Waals surface area contributed by atoms with Crippen LogP contribution in [0.2, 0.25) is 0 Å². The Balaban J connectivity index is 1.72. The molecule has 1 amide bonds. The molecular weight excluding hydrogens is 421 g/mol. The lowest BCUT2D eigenvalue weighted by Crippen LogP contribution is -2.58. The summed E-state index contributed by atoms with van der Waals surface area (Å²) in [4.78, 5) is 26.3. The summed E-state index contributed by atoms with van der Waals surface area (Å²) in [7, 11) is 0. The summed E-state index contributed by atoms with van der Waals surface area (Å²) in [6.07, 6.45) is -1.94. The first-order valence-electron chi connectivity index (χ1n) is 10.6. The molecule has 0 spiro atoms. The van der Waals surface area contributed by atoms with Crippen molar-refractivity contribution in [1.82, 2.24) is 10.2 Å². The molecule has 3 rings (SSSR count). The minimum atomic E-state index is -4.38. The van der Waals surface area contributed by atoms with Gasteiger partial charge in [-0.3, -0.25) is 9.69 Å². The Bertz CT molecular complexity index is 958. The number of halogens is 3. The Kier molecular flexibility index (Phi) is 6.93. The molecule has 2 aromatic rings. The molecule has 1 saturated heterocycles. The molecule has 2 N–H and O–H groups in total. The number of nitrogens with one attached hydrogen (secondary N) is 1. The SMILES string of the molecule is CC(NC(=O)C1(C)CCCCN1Cc1ccc(C(F)(F)F)cc1)c1ccc(C(=O)O)cc1. The Morgan fingerprint density at radius 2 is 1.72 bits per heavy atom. The number of aromatic carboxylic acids is 1. The molecule has 1 aliphatic heterocycles. The highest BCUT2D eigenvalue weighted by atomic mass is 19.4. The number of benzene rings is 2. The quantitative estimate of drug-likeness (QED) is 0.651. The van der Waals surface area contributed by atoms with Gasteiger partial charge in [-0.1, -0.05) is 24.3 Å².